The van der Waals surface area contributed by atoms with Crippen LogP contribution in [0, 0.1) is 11.7 Å². The van der Waals surface area contributed by atoms with Crippen LogP contribution >= 0.6 is 0 Å². The zero-order chi connectivity index (χ0) is 17.5. The van der Waals surface area contributed by atoms with Crippen molar-refractivity contribution in [1.29, 1.82) is 0 Å². The molecule has 24 heavy (non-hydrogen) atoms. The van der Waals surface area contributed by atoms with Crippen LogP contribution in [0.1, 0.15) is 48.9 Å². The molecule has 1 saturated carbocycles. The van der Waals surface area contributed by atoms with E-state index in [2.05, 4.69) is 10.9 Å². The number of aliphatic hydroxyl groups excluding tert-OH is 1. The number of benzene rings is 1. The average molecular weight is 337 g/mol. The van der Waals surface area contributed by atoms with Gasteiger partial charge in [0.05, 0.1) is 0 Å². The second-order valence-corrected chi connectivity index (χ2v) is 6.30. The molecule has 0 saturated heterocycles. The molecule has 1 aromatic rings. The van der Waals surface area contributed by atoms with Gasteiger partial charge in [-0.25, -0.2) is 4.39 Å². The Morgan fingerprint density at radius 3 is 2.62 bits per heavy atom. The first kappa shape index (κ1) is 18.4. The molecule has 0 spiro atoms. The fourth-order valence-corrected chi connectivity index (χ4v) is 3.03. The van der Waals surface area contributed by atoms with Gasteiger partial charge in [-0.2, -0.15) is 0 Å². The van der Waals surface area contributed by atoms with Crippen molar-refractivity contribution in [3.8, 4) is 0 Å². The SMILES string of the molecule is N[C@H](CC1CCCCC1)C(O)C(=O)NNC(=O)c1cccc(F)c1. The number of carbonyl (C=O) groups excluding carboxylic acids is 2. The van der Waals surface area contributed by atoms with E-state index in [9.17, 15) is 19.1 Å². The summed E-state index contributed by atoms with van der Waals surface area (Å²) in [4.78, 5) is 23.7. The Bertz CT molecular complexity index is 576. The van der Waals surface area contributed by atoms with Gasteiger partial charge in [-0.3, -0.25) is 20.4 Å². The van der Waals surface area contributed by atoms with E-state index in [-0.39, 0.29) is 5.56 Å². The van der Waals surface area contributed by atoms with Crippen molar-refractivity contribution < 1.29 is 19.1 Å². The van der Waals surface area contributed by atoms with E-state index < -0.39 is 29.8 Å². The highest BCUT2D eigenvalue weighted by Crippen LogP contribution is 2.27. The predicted molar refractivity (Wildman–Crippen MR) is 87.2 cm³/mol. The lowest BCUT2D eigenvalue weighted by molar-refractivity contribution is -0.131. The molecule has 1 unspecified atom stereocenters. The minimum absolute atomic E-state index is 0.0660. The van der Waals surface area contributed by atoms with Crippen LogP contribution in [-0.2, 0) is 4.79 Å². The van der Waals surface area contributed by atoms with Crippen LogP contribution < -0.4 is 16.6 Å². The first-order valence-corrected chi connectivity index (χ1v) is 8.27. The van der Waals surface area contributed by atoms with Gasteiger partial charge in [0.2, 0.25) is 0 Å². The molecule has 5 N–H and O–H groups in total. The van der Waals surface area contributed by atoms with Crippen molar-refractivity contribution in [3.05, 3.63) is 35.6 Å². The fraction of sp³-hybridized carbons (Fsp3) is 0.529. The van der Waals surface area contributed by atoms with Gasteiger partial charge in [-0.15, -0.1) is 0 Å². The van der Waals surface area contributed by atoms with Crippen molar-refractivity contribution >= 4 is 11.8 Å². The van der Waals surface area contributed by atoms with Crippen LogP contribution in [0.2, 0.25) is 0 Å². The molecule has 0 aliphatic heterocycles. The molecule has 1 aliphatic rings. The van der Waals surface area contributed by atoms with E-state index >= 15 is 0 Å². The van der Waals surface area contributed by atoms with E-state index in [4.69, 9.17) is 5.73 Å². The summed E-state index contributed by atoms with van der Waals surface area (Å²) in [5.74, 6) is -1.57. The molecule has 2 rings (SSSR count). The van der Waals surface area contributed by atoms with E-state index in [1.165, 1.54) is 24.6 Å². The lowest BCUT2D eigenvalue weighted by Crippen LogP contribution is -2.52. The van der Waals surface area contributed by atoms with Crippen molar-refractivity contribution in [1.82, 2.24) is 10.9 Å². The number of hydrazine groups is 1. The Balaban J connectivity index is 1.79. The van der Waals surface area contributed by atoms with Crippen molar-refractivity contribution in [2.45, 2.75) is 50.7 Å². The zero-order valence-electron chi connectivity index (χ0n) is 13.5. The molecule has 1 aliphatic carbocycles. The van der Waals surface area contributed by atoms with Crippen LogP contribution in [0.5, 0.6) is 0 Å². The van der Waals surface area contributed by atoms with Crippen molar-refractivity contribution in [2.75, 3.05) is 0 Å². The van der Waals surface area contributed by atoms with Gasteiger partial charge in [-0.1, -0.05) is 38.2 Å². The van der Waals surface area contributed by atoms with E-state index in [1.807, 2.05) is 0 Å². The van der Waals surface area contributed by atoms with Crippen LogP contribution in [0.25, 0.3) is 0 Å². The Morgan fingerprint density at radius 1 is 1.25 bits per heavy atom. The number of carbonyl (C=O) groups is 2. The highest BCUT2D eigenvalue weighted by Gasteiger charge is 2.26. The molecule has 1 fully saturated rings. The van der Waals surface area contributed by atoms with E-state index in [1.54, 1.807) is 0 Å². The number of halogens is 1. The smallest absolute Gasteiger partial charge is 0.269 e. The monoisotopic (exact) mass is 337 g/mol. The van der Waals surface area contributed by atoms with Crippen molar-refractivity contribution in [3.63, 3.8) is 0 Å². The molecule has 132 valence electrons. The molecule has 0 heterocycles. The van der Waals surface area contributed by atoms with Gasteiger partial charge >= 0.3 is 0 Å². The topological polar surface area (TPSA) is 104 Å². The van der Waals surface area contributed by atoms with Crippen LogP contribution in [-0.4, -0.2) is 29.1 Å². The second kappa shape index (κ2) is 8.75. The molecule has 7 heteroatoms. The van der Waals surface area contributed by atoms with Crippen LogP contribution in [0.15, 0.2) is 24.3 Å². The number of rotatable bonds is 5. The number of hydrogen-bond acceptors (Lipinski definition) is 4. The van der Waals surface area contributed by atoms with Gasteiger partial charge in [0.1, 0.15) is 11.9 Å². The fourth-order valence-electron chi connectivity index (χ4n) is 3.03. The Morgan fingerprint density at radius 2 is 1.96 bits per heavy atom. The average Bonchev–Trinajstić information content (AvgIpc) is 2.59. The molecule has 1 aromatic carbocycles. The summed E-state index contributed by atoms with van der Waals surface area (Å²) in [7, 11) is 0. The summed E-state index contributed by atoms with van der Waals surface area (Å²) in [5, 5.41) is 10.00. The maximum absolute atomic E-state index is 13.1. The van der Waals surface area contributed by atoms with Crippen molar-refractivity contribution in [2.24, 2.45) is 11.7 Å². The largest absolute Gasteiger partial charge is 0.382 e. The number of nitrogens with two attached hydrogens (primary N) is 1. The normalized spacial score (nSPS) is 17.8. The highest BCUT2D eigenvalue weighted by atomic mass is 19.1. The van der Waals surface area contributed by atoms with Gasteiger partial charge in [0.15, 0.2) is 0 Å². The molecule has 0 bridgehead atoms. The molecular formula is C17H24FN3O3. The Labute approximate surface area is 140 Å². The second-order valence-electron chi connectivity index (χ2n) is 6.30. The highest BCUT2D eigenvalue weighted by molar-refractivity contribution is 5.95. The van der Waals surface area contributed by atoms with Gasteiger partial charge in [-0.05, 0) is 30.5 Å². The number of nitrogens with one attached hydrogen (secondary N) is 2. The lowest BCUT2D eigenvalue weighted by Gasteiger charge is -2.26. The molecule has 6 nitrogen and oxygen atoms in total. The minimum atomic E-state index is -1.40. The molecule has 0 aromatic heterocycles. The summed E-state index contributed by atoms with van der Waals surface area (Å²) < 4.78 is 13.1. The summed E-state index contributed by atoms with van der Waals surface area (Å²) in [6.07, 6.45) is 4.84. The lowest BCUT2D eigenvalue weighted by atomic mass is 9.84. The molecular weight excluding hydrogens is 313 g/mol. The van der Waals surface area contributed by atoms with Gasteiger partial charge < -0.3 is 10.8 Å². The summed E-state index contributed by atoms with van der Waals surface area (Å²) in [6.45, 7) is 0. The van der Waals surface area contributed by atoms with E-state index in [0.717, 1.165) is 31.7 Å². The summed E-state index contributed by atoms with van der Waals surface area (Å²) in [5.41, 5.74) is 10.3. The maximum Gasteiger partial charge on any atom is 0.269 e. The standard InChI is InChI=1S/C17H24FN3O3/c18-13-8-4-7-12(10-13)16(23)20-21-17(24)15(22)14(19)9-11-5-2-1-3-6-11/h4,7-8,10-11,14-15,22H,1-3,5-6,9,19H2,(H,20,23)(H,21,24)/t14-,15?/m1/s1. The zero-order valence-corrected chi connectivity index (χ0v) is 13.5. The molecule has 2 amide bonds. The maximum atomic E-state index is 13.1. The van der Waals surface area contributed by atoms with E-state index in [0.29, 0.717) is 12.3 Å². The molecule has 2 atom stereocenters. The third-order valence-electron chi connectivity index (χ3n) is 4.39. The Kier molecular flexibility index (Phi) is 6.69. The van der Waals surface area contributed by atoms with Crippen LogP contribution in [0.3, 0.4) is 0 Å². The molecule has 0 radical (unpaired) electrons. The summed E-state index contributed by atoms with van der Waals surface area (Å²) in [6, 6.07) is 4.38. The van der Waals surface area contributed by atoms with Gasteiger partial charge in [0.25, 0.3) is 11.8 Å². The van der Waals surface area contributed by atoms with Gasteiger partial charge in [0, 0.05) is 11.6 Å². The first-order chi connectivity index (χ1) is 11.5. The number of aliphatic hydroxyl groups is 1. The quantitative estimate of drug-likeness (QED) is 0.607. The summed E-state index contributed by atoms with van der Waals surface area (Å²) >= 11 is 0. The number of amides is 2. The Hall–Kier alpha value is -1.99. The minimum Gasteiger partial charge on any atom is -0.382 e. The van der Waals surface area contributed by atoms with Crippen LogP contribution in [0.4, 0.5) is 4.39 Å². The predicted octanol–water partition coefficient (Wildman–Crippen LogP) is 1.25. The first-order valence-electron chi connectivity index (χ1n) is 8.27. The number of hydrogen-bond donors (Lipinski definition) is 4. The third-order valence-corrected chi connectivity index (χ3v) is 4.39. The third kappa shape index (κ3) is 5.28.